The van der Waals surface area contributed by atoms with E-state index in [1.54, 1.807) is 18.2 Å². The number of aliphatic hydroxyl groups is 1. The summed E-state index contributed by atoms with van der Waals surface area (Å²) in [6, 6.07) is 7.06. The Kier molecular flexibility index (Phi) is 3.65. The number of benzene rings is 1. The molecule has 3 nitrogen and oxygen atoms in total. The molecule has 14 heavy (non-hydrogen) atoms. The maximum Gasteiger partial charge on any atom is 0.337 e. The van der Waals surface area contributed by atoms with Crippen molar-refractivity contribution in [2.45, 2.75) is 25.9 Å². The number of hydrogen-bond donors (Lipinski definition) is 2. The second-order valence-corrected chi connectivity index (χ2v) is 3.24. The molecule has 3 heteroatoms. The van der Waals surface area contributed by atoms with Gasteiger partial charge in [0.25, 0.3) is 0 Å². The van der Waals surface area contributed by atoms with E-state index < -0.39 is 12.1 Å². The summed E-state index contributed by atoms with van der Waals surface area (Å²) in [7, 11) is 0. The molecule has 0 saturated heterocycles. The first kappa shape index (κ1) is 10.7. The van der Waals surface area contributed by atoms with Crippen LogP contribution in [0.4, 0.5) is 0 Å². The molecule has 0 saturated carbocycles. The van der Waals surface area contributed by atoms with Gasteiger partial charge in [-0.1, -0.05) is 37.6 Å². The van der Waals surface area contributed by atoms with Crippen LogP contribution in [-0.2, 0) is 11.2 Å². The number of carbonyl (C=O) groups is 1. The zero-order chi connectivity index (χ0) is 10.6. The van der Waals surface area contributed by atoms with Gasteiger partial charge in [0.15, 0.2) is 6.10 Å². The zero-order valence-electron chi connectivity index (χ0n) is 8.10. The fraction of sp³-hybridized carbons (Fsp3) is 0.364. The van der Waals surface area contributed by atoms with Crippen LogP contribution in [0.2, 0.25) is 0 Å². The summed E-state index contributed by atoms with van der Waals surface area (Å²) in [5.74, 6) is -1.21. The highest BCUT2D eigenvalue weighted by atomic mass is 16.4. The second-order valence-electron chi connectivity index (χ2n) is 3.24. The monoisotopic (exact) mass is 194 g/mol. The molecule has 0 aromatic heterocycles. The second kappa shape index (κ2) is 4.77. The van der Waals surface area contributed by atoms with Crippen molar-refractivity contribution in [1.29, 1.82) is 0 Å². The topological polar surface area (TPSA) is 57.5 Å². The van der Waals surface area contributed by atoms with Crippen LogP contribution in [0.1, 0.15) is 30.6 Å². The number of hydrogen-bond acceptors (Lipinski definition) is 2. The molecule has 0 fully saturated rings. The Hall–Kier alpha value is -1.35. The summed E-state index contributed by atoms with van der Waals surface area (Å²) in [6.07, 6.45) is 0.499. The maximum absolute atomic E-state index is 10.5. The van der Waals surface area contributed by atoms with E-state index in [0.29, 0.717) is 5.56 Å². The molecule has 1 rings (SSSR count). The molecule has 1 aromatic carbocycles. The number of carboxylic acids is 1. The van der Waals surface area contributed by atoms with Gasteiger partial charge >= 0.3 is 5.97 Å². The Balaban J connectivity index is 2.87. The van der Waals surface area contributed by atoms with Gasteiger partial charge < -0.3 is 10.2 Å². The summed E-state index contributed by atoms with van der Waals surface area (Å²) in [6.45, 7) is 2.06. The van der Waals surface area contributed by atoms with Gasteiger partial charge in [-0.25, -0.2) is 4.79 Å². The Labute approximate surface area is 83.0 Å². The third kappa shape index (κ3) is 2.57. The lowest BCUT2D eigenvalue weighted by molar-refractivity contribution is -0.146. The average Bonchev–Trinajstić information content (AvgIpc) is 2.17. The van der Waals surface area contributed by atoms with Crippen LogP contribution in [0.3, 0.4) is 0 Å². The van der Waals surface area contributed by atoms with Gasteiger partial charge in [0.1, 0.15) is 0 Å². The molecule has 0 aliphatic rings. The van der Waals surface area contributed by atoms with Crippen molar-refractivity contribution in [3.63, 3.8) is 0 Å². The smallest absolute Gasteiger partial charge is 0.337 e. The van der Waals surface area contributed by atoms with Crippen molar-refractivity contribution in [2.75, 3.05) is 0 Å². The van der Waals surface area contributed by atoms with Gasteiger partial charge in [-0.15, -0.1) is 0 Å². The van der Waals surface area contributed by atoms with E-state index in [2.05, 4.69) is 6.92 Å². The third-order valence-corrected chi connectivity index (χ3v) is 2.04. The third-order valence-electron chi connectivity index (χ3n) is 2.04. The van der Waals surface area contributed by atoms with E-state index >= 15 is 0 Å². The molecule has 76 valence electrons. The Bertz CT molecular complexity index is 320. The van der Waals surface area contributed by atoms with Crippen LogP contribution >= 0.6 is 0 Å². The van der Waals surface area contributed by atoms with E-state index in [1.807, 2.05) is 6.07 Å². The average molecular weight is 194 g/mol. The molecule has 0 aliphatic heterocycles. The molecule has 1 aromatic rings. The first-order valence-electron chi connectivity index (χ1n) is 4.65. The number of aliphatic hydroxyl groups excluding tert-OH is 1. The van der Waals surface area contributed by atoms with E-state index in [9.17, 15) is 9.90 Å². The summed E-state index contributed by atoms with van der Waals surface area (Å²) < 4.78 is 0. The van der Waals surface area contributed by atoms with E-state index in [4.69, 9.17) is 5.11 Å². The Morgan fingerprint density at radius 3 is 2.79 bits per heavy atom. The largest absolute Gasteiger partial charge is 0.479 e. The lowest BCUT2D eigenvalue weighted by atomic mass is 10.0. The SMILES string of the molecule is CCCc1cccc(C(O)C(=O)O)c1. The molecule has 0 amide bonds. The van der Waals surface area contributed by atoms with Gasteiger partial charge in [-0.3, -0.25) is 0 Å². The first-order valence-corrected chi connectivity index (χ1v) is 4.65. The highest BCUT2D eigenvalue weighted by molar-refractivity contribution is 5.74. The van der Waals surface area contributed by atoms with E-state index in [-0.39, 0.29) is 0 Å². The molecular weight excluding hydrogens is 180 g/mol. The van der Waals surface area contributed by atoms with Crippen molar-refractivity contribution in [2.24, 2.45) is 0 Å². The van der Waals surface area contributed by atoms with Gasteiger partial charge in [0.05, 0.1) is 0 Å². The van der Waals surface area contributed by atoms with Gasteiger partial charge in [0, 0.05) is 0 Å². The number of aliphatic carboxylic acids is 1. The molecule has 0 aliphatic carbocycles. The van der Waals surface area contributed by atoms with Crippen LogP contribution in [0, 0.1) is 0 Å². The highest BCUT2D eigenvalue weighted by Crippen LogP contribution is 2.15. The van der Waals surface area contributed by atoms with Crippen LogP contribution in [0.15, 0.2) is 24.3 Å². The van der Waals surface area contributed by atoms with Gasteiger partial charge in [-0.2, -0.15) is 0 Å². The Morgan fingerprint density at radius 1 is 1.50 bits per heavy atom. The lowest BCUT2D eigenvalue weighted by Crippen LogP contribution is -2.10. The number of carboxylic acid groups (broad SMARTS) is 1. The predicted molar refractivity (Wildman–Crippen MR) is 53.0 cm³/mol. The van der Waals surface area contributed by atoms with Gasteiger partial charge in [0.2, 0.25) is 0 Å². The molecule has 1 unspecified atom stereocenters. The van der Waals surface area contributed by atoms with E-state index in [1.165, 1.54) is 0 Å². The quantitative estimate of drug-likeness (QED) is 0.767. The van der Waals surface area contributed by atoms with Gasteiger partial charge in [-0.05, 0) is 17.5 Å². The zero-order valence-corrected chi connectivity index (χ0v) is 8.10. The van der Waals surface area contributed by atoms with Crippen molar-refractivity contribution in [1.82, 2.24) is 0 Å². The molecule has 0 heterocycles. The summed E-state index contributed by atoms with van der Waals surface area (Å²) >= 11 is 0. The molecular formula is C11H14O3. The molecule has 0 radical (unpaired) electrons. The van der Waals surface area contributed by atoms with Crippen LogP contribution in [-0.4, -0.2) is 16.2 Å². The minimum atomic E-state index is -1.41. The highest BCUT2D eigenvalue weighted by Gasteiger charge is 2.15. The van der Waals surface area contributed by atoms with Crippen LogP contribution < -0.4 is 0 Å². The normalized spacial score (nSPS) is 12.4. The van der Waals surface area contributed by atoms with E-state index in [0.717, 1.165) is 18.4 Å². The maximum atomic E-state index is 10.5. The number of rotatable bonds is 4. The van der Waals surface area contributed by atoms with Crippen LogP contribution in [0.25, 0.3) is 0 Å². The molecule has 2 N–H and O–H groups in total. The minimum Gasteiger partial charge on any atom is -0.479 e. The molecule has 1 atom stereocenters. The fourth-order valence-electron chi connectivity index (χ4n) is 1.35. The van der Waals surface area contributed by atoms with Crippen molar-refractivity contribution in [3.05, 3.63) is 35.4 Å². The van der Waals surface area contributed by atoms with Crippen molar-refractivity contribution >= 4 is 5.97 Å². The lowest BCUT2D eigenvalue weighted by Gasteiger charge is -2.07. The summed E-state index contributed by atoms with van der Waals surface area (Å²) in [4.78, 5) is 10.5. The minimum absolute atomic E-state index is 0.448. The molecule has 0 spiro atoms. The fourth-order valence-corrected chi connectivity index (χ4v) is 1.35. The summed E-state index contributed by atoms with van der Waals surface area (Å²) in [5.41, 5.74) is 1.51. The van der Waals surface area contributed by atoms with Crippen molar-refractivity contribution in [3.8, 4) is 0 Å². The molecule has 0 bridgehead atoms. The van der Waals surface area contributed by atoms with Crippen LogP contribution in [0.5, 0.6) is 0 Å². The standard InChI is InChI=1S/C11H14O3/c1-2-4-8-5-3-6-9(7-8)10(12)11(13)14/h3,5-7,10,12H,2,4H2,1H3,(H,13,14). The predicted octanol–water partition coefficient (Wildman–Crippen LogP) is 1.76. The summed E-state index contributed by atoms with van der Waals surface area (Å²) in [5, 5.41) is 17.9. The number of aryl methyl sites for hydroxylation is 1. The first-order chi connectivity index (χ1) is 6.65. The Morgan fingerprint density at radius 2 is 2.21 bits per heavy atom. The van der Waals surface area contributed by atoms with Crippen molar-refractivity contribution < 1.29 is 15.0 Å².